The molecule has 0 saturated heterocycles. The van der Waals surface area contributed by atoms with Crippen LogP contribution in [0.15, 0.2) is 24.4 Å². The highest BCUT2D eigenvalue weighted by Gasteiger charge is 2.09. The number of aryl methyl sites for hydroxylation is 1. The Bertz CT molecular complexity index is 571. The van der Waals surface area contributed by atoms with Crippen molar-refractivity contribution in [3.63, 3.8) is 0 Å². The summed E-state index contributed by atoms with van der Waals surface area (Å²) in [7, 11) is 1.63. The van der Waals surface area contributed by atoms with Crippen molar-refractivity contribution in [1.29, 1.82) is 0 Å². The van der Waals surface area contributed by atoms with Gasteiger partial charge in [-0.2, -0.15) is 0 Å². The SMILES string of the molecule is COCCNc1nc(C)cn1-c1ccc(Cl)c(F)c1. The number of benzene rings is 1. The highest BCUT2D eigenvalue weighted by molar-refractivity contribution is 6.30. The number of nitrogens with zero attached hydrogens (tertiary/aromatic N) is 2. The number of aromatic nitrogens is 2. The summed E-state index contributed by atoms with van der Waals surface area (Å²) >= 11 is 5.68. The molecule has 6 heteroatoms. The molecule has 1 heterocycles. The van der Waals surface area contributed by atoms with Crippen LogP contribution in [0.3, 0.4) is 0 Å². The maximum absolute atomic E-state index is 13.5. The minimum absolute atomic E-state index is 0.106. The molecule has 0 bridgehead atoms. The molecule has 4 nitrogen and oxygen atoms in total. The molecule has 2 rings (SSSR count). The first-order chi connectivity index (χ1) is 9.11. The van der Waals surface area contributed by atoms with E-state index in [9.17, 15) is 4.39 Å². The molecule has 0 radical (unpaired) electrons. The Kier molecular flexibility index (Phi) is 4.39. The fourth-order valence-corrected chi connectivity index (χ4v) is 1.84. The third-order valence-electron chi connectivity index (χ3n) is 2.60. The van der Waals surface area contributed by atoms with E-state index in [0.29, 0.717) is 24.8 Å². The van der Waals surface area contributed by atoms with Crippen LogP contribution in [0.5, 0.6) is 0 Å². The Hall–Kier alpha value is -1.59. The zero-order chi connectivity index (χ0) is 13.8. The summed E-state index contributed by atoms with van der Waals surface area (Å²) in [5, 5.41) is 3.24. The third-order valence-corrected chi connectivity index (χ3v) is 2.90. The molecule has 102 valence electrons. The Labute approximate surface area is 116 Å². The van der Waals surface area contributed by atoms with Crippen molar-refractivity contribution >= 4 is 17.5 Å². The summed E-state index contributed by atoms with van der Waals surface area (Å²) in [6.45, 7) is 3.08. The maximum Gasteiger partial charge on any atom is 0.207 e. The first-order valence-corrected chi connectivity index (χ1v) is 6.24. The summed E-state index contributed by atoms with van der Waals surface area (Å²) in [5.41, 5.74) is 1.51. The van der Waals surface area contributed by atoms with Crippen molar-refractivity contribution in [2.75, 3.05) is 25.6 Å². The van der Waals surface area contributed by atoms with Gasteiger partial charge in [-0.1, -0.05) is 11.6 Å². The summed E-state index contributed by atoms with van der Waals surface area (Å²) in [6, 6.07) is 4.65. The number of rotatable bonds is 5. The van der Waals surface area contributed by atoms with Crippen LogP contribution < -0.4 is 5.32 Å². The highest BCUT2D eigenvalue weighted by atomic mass is 35.5. The lowest BCUT2D eigenvalue weighted by Crippen LogP contribution is -2.11. The van der Waals surface area contributed by atoms with Crippen LogP contribution in [-0.2, 0) is 4.74 Å². The third kappa shape index (κ3) is 3.24. The van der Waals surface area contributed by atoms with E-state index < -0.39 is 5.82 Å². The van der Waals surface area contributed by atoms with Gasteiger partial charge in [0, 0.05) is 19.9 Å². The van der Waals surface area contributed by atoms with Crippen LogP contribution in [-0.4, -0.2) is 29.8 Å². The van der Waals surface area contributed by atoms with Gasteiger partial charge in [-0.05, 0) is 25.1 Å². The Morgan fingerprint density at radius 3 is 2.95 bits per heavy atom. The quantitative estimate of drug-likeness (QED) is 0.857. The topological polar surface area (TPSA) is 39.1 Å². The summed E-state index contributed by atoms with van der Waals surface area (Å²) in [4.78, 5) is 4.35. The number of nitrogens with one attached hydrogen (secondary N) is 1. The number of imidazole rings is 1. The first-order valence-electron chi connectivity index (χ1n) is 5.86. The largest absolute Gasteiger partial charge is 0.383 e. The normalized spacial score (nSPS) is 10.7. The number of methoxy groups -OCH3 is 1. The molecule has 0 unspecified atom stereocenters. The second kappa shape index (κ2) is 6.04. The Balaban J connectivity index is 2.29. The van der Waals surface area contributed by atoms with Gasteiger partial charge < -0.3 is 10.1 Å². The number of ether oxygens (including phenoxy) is 1. The van der Waals surface area contributed by atoms with Gasteiger partial charge in [0.25, 0.3) is 0 Å². The molecule has 2 aromatic rings. The van der Waals surface area contributed by atoms with Gasteiger partial charge in [-0.25, -0.2) is 9.37 Å². The van der Waals surface area contributed by atoms with Gasteiger partial charge in [0.15, 0.2) is 0 Å². The Morgan fingerprint density at radius 2 is 2.26 bits per heavy atom. The molecule has 0 fully saturated rings. The number of hydrogen-bond donors (Lipinski definition) is 1. The van der Waals surface area contributed by atoms with Gasteiger partial charge in [0.1, 0.15) is 5.82 Å². The van der Waals surface area contributed by atoms with Gasteiger partial charge in [-0.3, -0.25) is 4.57 Å². The number of hydrogen-bond acceptors (Lipinski definition) is 3. The van der Waals surface area contributed by atoms with Crippen LogP contribution in [0, 0.1) is 12.7 Å². The van der Waals surface area contributed by atoms with Crippen molar-refractivity contribution in [2.24, 2.45) is 0 Å². The van der Waals surface area contributed by atoms with Crippen LogP contribution in [0.2, 0.25) is 5.02 Å². The molecule has 1 aromatic carbocycles. The van der Waals surface area contributed by atoms with Gasteiger partial charge in [0.05, 0.1) is 23.0 Å². The predicted octanol–water partition coefficient (Wildman–Crippen LogP) is 3.03. The Morgan fingerprint density at radius 1 is 1.47 bits per heavy atom. The molecule has 1 aromatic heterocycles. The van der Waals surface area contributed by atoms with Crippen LogP contribution >= 0.6 is 11.6 Å². The molecule has 1 N–H and O–H groups in total. The molecule has 0 saturated carbocycles. The molecule has 0 aliphatic heterocycles. The lowest BCUT2D eigenvalue weighted by atomic mass is 10.3. The smallest absolute Gasteiger partial charge is 0.207 e. The monoisotopic (exact) mass is 283 g/mol. The fraction of sp³-hybridized carbons (Fsp3) is 0.308. The van der Waals surface area contributed by atoms with Crippen molar-refractivity contribution in [1.82, 2.24) is 9.55 Å². The van der Waals surface area contributed by atoms with E-state index in [4.69, 9.17) is 16.3 Å². The summed E-state index contributed by atoms with van der Waals surface area (Å²) in [6.07, 6.45) is 1.83. The highest BCUT2D eigenvalue weighted by Crippen LogP contribution is 2.21. The van der Waals surface area contributed by atoms with Gasteiger partial charge in [0.2, 0.25) is 5.95 Å². The van der Waals surface area contributed by atoms with Crippen LogP contribution in [0.25, 0.3) is 5.69 Å². The molecular weight excluding hydrogens is 269 g/mol. The molecule has 0 aliphatic rings. The van der Waals surface area contributed by atoms with Gasteiger partial charge >= 0.3 is 0 Å². The second-order valence-corrected chi connectivity index (χ2v) is 4.50. The minimum Gasteiger partial charge on any atom is -0.383 e. The van der Waals surface area contributed by atoms with E-state index >= 15 is 0 Å². The fourth-order valence-electron chi connectivity index (χ4n) is 1.72. The zero-order valence-electron chi connectivity index (χ0n) is 10.8. The lowest BCUT2D eigenvalue weighted by Gasteiger charge is -2.09. The predicted molar refractivity (Wildman–Crippen MR) is 73.6 cm³/mol. The van der Waals surface area contributed by atoms with Crippen molar-refractivity contribution in [3.05, 3.63) is 40.9 Å². The zero-order valence-corrected chi connectivity index (χ0v) is 11.5. The molecule has 0 spiro atoms. The second-order valence-electron chi connectivity index (χ2n) is 4.09. The molecule has 0 aliphatic carbocycles. The van der Waals surface area contributed by atoms with E-state index in [2.05, 4.69) is 10.3 Å². The van der Waals surface area contributed by atoms with E-state index in [1.165, 1.54) is 12.1 Å². The van der Waals surface area contributed by atoms with E-state index in [0.717, 1.165) is 5.69 Å². The number of anilines is 1. The van der Waals surface area contributed by atoms with Crippen LogP contribution in [0.4, 0.5) is 10.3 Å². The maximum atomic E-state index is 13.5. The van der Waals surface area contributed by atoms with Crippen molar-refractivity contribution in [2.45, 2.75) is 6.92 Å². The van der Waals surface area contributed by atoms with Crippen LogP contribution in [0.1, 0.15) is 5.69 Å². The average molecular weight is 284 g/mol. The van der Waals surface area contributed by atoms with E-state index in [1.54, 1.807) is 17.7 Å². The minimum atomic E-state index is -0.451. The van der Waals surface area contributed by atoms with Crippen molar-refractivity contribution < 1.29 is 9.13 Å². The first kappa shape index (κ1) is 13.8. The average Bonchev–Trinajstić information content (AvgIpc) is 2.74. The molecule has 0 atom stereocenters. The molecule has 0 amide bonds. The summed E-state index contributed by atoms with van der Waals surface area (Å²) < 4.78 is 20.3. The summed E-state index contributed by atoms with van der Waals surface area (Å²) in [5.74, 6) is 0.199. The van der Waals surface area contributed by atoms with E-state index in [-0.39, 0.29) is 5.02 Å². The van der Waals surface area contributed by atoms with E-state index in [1.807, 2.05) is 13.1 Å². The number of halogens is 2. The molecular formula is C13H15ClFN3O. The standard InChI is InChI=1S/C13H15ClFN3O/c1-9-8-18(13(17-9)16-5-6-19-2)10-3-4-11(14)12(15)7-10/h3-4,7-8H,5-6H2,1-2H3,(H,16,17). The van der Waals surface area contributed by atoms with Gasteiger partial charge in [-0.15, -0.1) is 0 Å². The van der Waals surface area contributed by atoms with Crippen molar-refractivity contribution in [3.8, 4) is 5.69 Å². The lowest BCUT2D eigenvalue weighted by molar-refractivity contribution is 0.210. The molecule has 19 heavy (non-hydrogen) atoms.